The number of hydrogen-bond donors (Lipinski definition) is 0. The van der Waals surface area contributed by atoms with Crippen LogP contribution in [0.15, 0.2) is 41.3 Å². The highest BCUT2D eigenvalue weighted by Crippen LogP contribution is 2.37. The molecular weight excluding hydrogens is 433 g/mol. The number of methoxy groups -OCH3 is 1. The van der Waals surface area contributed by atoms with Gasteiger partial charge in [0.05, 0.1) is 18.8 Å². The van der Waals surface area contributed by atoms with Crippen LogP contribution in [0.2, 0.25) is 0 Å². The highest BCUT2D eigenvalue weighted by Gasteiger charge is 2.31. The van der Waals surface area contributed by atoms with Gasteiger partial charge < -0.3 is 14.5 Å². The molecule has 0 radical (unpaired) electrons. The monoisotopic (exact) mass is 463 g/mol. The molecule has 1 aromatic carbocycles. The maximum absolute atomic E-state index is 14.2. The van der Waals surface area contributed by atoms with Crippen LogP contribution in [0.3, 0.4) is 0 Å². The number of hydrogen-bond acceptors (Lipinski definition) is 7. The van der Waals surface area contributed by atoms with Gasteiger partial charge in [-0.3, -0.25) is 9.88 Å². The van der Waals surface area contributed by atoms with E-state index in [1.807, 2.05) is 12.3 Å². The Morgan fingerprint density at radius 3 is 2.65 bits per heavy atom. The predicted octanol–water partition coefficient (Wildman–Crippen LogP) is 3.33. The standard InChI is InChI=1S/C25H30FN7O/c1-17(31-7-9-32(10-8-31)18-15-30(3)16-18)14-33-25(27-2)21(13-29-33)19-5-6-28-23-12-22(26)24(34-4)11-20(19)23/h5-6,11-14,18H,2,7-10,15-16H2,1,3-4H3/b17-14+. The smallest absolute Gasteiger partial charge is 0.167 e. The fraction of sp³-hybridized carbons (Fsp3) is 0.400. The molecule has 2 aliphatic rings. The van der Waals surface area contributed by atoms with Crippen molar-refractivity contribution >= 4 is 29.6 Å². The fourth-order valence-electron chi connectivity index (χ4n) is 4.93. The molecule has 5 rings (SSSR count). The largest absolute Gasteiger partial charge is 0.494 e. The molecule has 0 spiro atoms. The highest BCUT2D eigenvalue weighted by molar-refractivity contribution is 5.97. The zero-order valence-electron chi connectivity index (χ0n) is 19.9. The molecule has 2 aliphatic heterocycles. The molecule has 0 N–H and O–H groups in total. The van der Waals surface area contributed by atoms with Gasteiger partial charge in [0.2, 0.25) is 0 Å². The van der Waals surface area contributed by atoms with Crippen LogP contribution in [0.4, 0.5) is 10.2 Å². The van der Waals surface area contributed by atoms with Crippen LogP contribution in [0.1, 0.15) is 6.92 Å². The molecular formula is C25H30FN7O. The van der Waals surface area contributed by atoms with Gasteiger partial charge in [-0.05, 0) is 38.4 Å². The molecule has 0 atom stereocenters. The van der Waals surface area contributed by atoms with Crippen molar-refractivity contribution in [1.29, 1.82) is 0 Å². The molecule has 2 fully saturated rings. The van der Waals surface area contributed by atoms with E-state index in [4.69, 9.17) is 4.74 Å². The number of aromatic nitrogens is 3. The first kappa shape index (κ1) is 22.5. The van der Waals surface area contributed by atoms with E-state index < -0.39 is 5.82 Å². The summed E-state index contributed by atoms with van der Waals surface area (Å²) in [4.78, 5) is 15.9. The lowest BCUT2D eigenvalue weighted by atomic mass is 10.0. The van der Waals surface area contributed by atoms with E-state index in [0.717, 1.165) is 48.4 Å². The van der Waals surface area contributed by atoms with Crippen molar-refractivity contribution in [1.82, 2.24) is 29.5 Å². The number of benzene rings is 1. The Balaban J connectivity index is 1.41. The lowest BCUT2D eigenvalue weighted by Crippen LogP contribution is -2.61. The molecule has 0 unspecified atom stereocenters. The van der Waals surface area contributed by atoms with Gasteiger partial charge in [0.25, 0.3) is 0 Å². The van der Waals surface area contributed by atoms with Gasteiger partial charge in [-0.1, -0.05) is 0 Å². The van der Waals surface area contributed by atoms with Crippen LogP contribution in [-0.4, -0.2) is 95.6 Å². The maximum atomic E-state index is 14.2. The summed E-state index contributed by atoms with van der Waals surface area (Å²) < 4.78 is 21.2. The maximum Gasteiger partial charge on any atom is 0.167 e. The van der Waals surface area contributed by atoms with Crippen molar-refractivity contribution in [2.75, 3.05) is 53.4 Å². The van der Waals surface area contributed by atoms with Crippen molar-refractivity contribution in [2.24, 2.45) is 4.99 Å². The number of likely N-dealkylation sites (tertiary alicyclic amines) is 1. The SMILES string of the molecule is C=Nc1c(-c2ccnc3cc(F)c(OC)cc23)cnn1/C=C(\C)N1CCN(C2CN(C)C2)CC1. The number of allylic oxidation sites excluding steroid dienone is 1. The summed E-state index contributed by atoms with van der Waals surface area (Å²) in [5.41, 5.74) is 3.33. The third-order valence-corrected chi connectivity index (χ3v) is 6.91. The van der Waals surface area contributed by atoms with E-state index >= 15 is 0 Å². The summed E-state index contributed by atoms with van der Waals surface area (Å²) in [5.74, 6) is 0.359. The second-order valence-electron chi connectivity index (χ2n) is 9.02. The zero-order valence-corrected chi connectivity index (χ0v) is 19.9. The first-order valence-corrected chi connectivity index (χ1v) is 11.5. The fourth-order valence-corrected chi connectivity index (χ4v) is 4.93. The van der Waals surface area contributed by atoms with Gasteiger partial charge in [-0.15, -0.1) is 0 Å². The Bertz CT molecular complexity index is 1240. The minimum Gasteiger partial charge on any atom is -0.494 e. The first-order valence-electron chi connectivity index (χ1n) is 11.5. The average molecular weight is 464 g/mol. The topological polar surface area (TPSA) is 62.0 Å². The first-order chi connectivity index (χ1) is 16.5. The lowest BCUT2D eigenvalue weighted by Gasteiger charge is -2.47. The van der Waals surface area contributed by atoms with Gasteiger partial charge in [-0.25, -0.2) is 14.1 Å². The number of nitrogens with zero attached hydrogens (tertiary/aromatic N) is 7. The Morgan fingerprint density at radius 2 is 1.97 bits per heavy atom. The van der Waals surface area contributed by atoms with Gasteiger partial charge in [-0.2, -0.15) is 5.10 Å². The Hall–Kier alpha value is -3.30. The van der Waals surface area contributed by atoms with Crippen LogP contribution in [0.5, 0.6) is 5.75 Å². The number of aliphatic imine (C=N–C) groups is 1. The lowest BCUT2D eigenvalue weighted by molar-refractivity contribution is 0.0249. The molecule has 178 valence electrons. The molecule has 9 heteroatoms. The van der Waals surface area contributed by atoms with Crippen molar-refractivity contribution < 1.29 is 9.13 Å². The van der Waals surface area contributed by atoms with Crippen LogP contribution >= 0.6 is 0 Å². The second-order valence-corrected chi connectivity index (χ2v) is 9.02. The Kier molecular flexibility index (Phi) is 6.05. The summed E-state index contributed by atoms with van der Waals surface area (Å²) in [6.07, 6.45) is 5.43. The summed E-state index contributed by atoms with van der Waals surface area (Å²) in [6, 6.07) is 5.62. The van der Waals surface area contributed by atoms with Crippen LogP contribution in [-0.2, 0) is 0 Å². The van der Waals surface area contributed by atoms with Gasteiger partial charge in [0, 0.05) is 80.4 Å². The summed E-state index contributed by atoms with van der Waals surface area (Å²) in [7, 11) is 3.62. The number of halogens is 1. The summed E-state index contributed by atoms with van der Waals surface area (Å²) in [6.45, 7) is 12.4. The van der Waals surface area contributed by atoms with Crippen molar-refractivity contribution in [3.05, 3.63) is 42.1 Å². The Labute approximate surface area is 198 Å². The quantitative estimate of drug-likeness (QED) is 0.523. The van der Waals surface area contributed by atoms with E-state index in [1.54, 1.807) is 23.1 Å². The predicted molar refractivity (Wildman–Crippen MR) is 133 cm³/mol. The Morgan fingerprint density at radius 1 is 1.21 bits per heavy atom. The van der Waals surface area contributed by atoms with E-state index in [9.17, 15) is 4.39 Å². The van der Waals surface area contributed by atoms with Crippen LogP contribution in [0, 0.1) is 5.82 Å². The third kappa shape index (κ3) is 4.05. The van der Waals surface area contributed by atoms with Gasteiger partial charge >= 0.3 is 0 Å². The normalized spacial score (nSPS) is 18.4. The third-order valence-electron chi connectivity index (χ3n) is 6.91. The minimum absolute atomic E-state index is 0.172. The molecule has 2 saturated heterocycles. The molecule has 3 aromatic rings. The molecule has 8 nitrogen and oxygen atoms in total. The highest BCUT2D eigenvalue weighted by atomic mass is 19.1. The summed E-state index contributed by atoms with van der Waals surface area (Å²) in [5, 5.41) is 5.34. The molecule has 0 bridgehead atoms. The van der Waals surface area contributed by atoms with Crippen molar-refractivity contribution in [2.45, 2.75) is 13.0 Å². The number of piperazine rings is 1. The van der Waals surface area contributed by atoms with Crippen molar-refractivity contribution in [3.8, 4) is 16.9 Å². The van der Waals surface area contributed by atoms with E-state index in [2.05, 4.69) is 50.5 Å². The zero-order chi connectivity index (χ0) is 23.8. The van der Waals surface area contributed by atoms with Gasteiger partial charge in [0.15, 0.2) is 17.4 Å². The molecule has 0 saturated carbocycles. The number of fused-ring (bicyclic) bond motifs is 1. The molecule has 34 heavy (non-hydrogen) atoms. The number of pyridine rings is 1. The van der Waals surface area contributed by atoms with E-state index in [-0.39, 0.29) is 5.75 Å². The number of likely N-dealkylation sites (N-methyl/N-ethyl adjacent to an activating group) is 1. The molecule has 2 aromatic heterocycles. The van der Waals surface area contributed by atoms with E-state index in [1.165, 1.54) is 26.3 Å². The summed E-state index contributed by atoms with van der Waals surface area (Å²) >= 11 is 0. The van der Waals surface area contributed by atoms with E-state index in [0.29, 0.717) is 17.4 Å². The van der Waals surface area contributed by atoms with Crippen molar-refractivity contribution in [3.63, 3.8) is 0 Å². The minimum atomic E-state index is -0.444. The van der Waals surface area contributed by atoms with Crippen LogP contribution < -0.4 is 4.74 Å². The van der Waals surface area contributed by atoms with Crippen LogP contribution in [0.25, 0.3) is 28.2 Å². The van der Waals surface area contributed by atoms with Gasteiger partial charge in [0.1, 0.15) is 0 Å². The average Bonchev–Trinajstić information content (AvgIpc) is 3.23. The second kappa shape index (κ2) is 9.15. The number of ether oxygens (including phenoxy) is 1. The number of rotatable bonds is 6. The molecule has 0 amide bonds. The molecule has 0 aliphatic carbocycles. The molecule has 4 heterocycles.